The number of anilines is 1. The lowest BCUT2D eigenvalue weighted by Gasteiger charge is -2.28. The molecule has 0 saturated carbocycles. The van der Waals surface area contributed by atoms with E-state index < -0.39 is 11.9 Å². The summed E-state index contributed by atoms with van der Waals surface area (Å²) < 4.78 is 13.3. The Hall–Kier alpha value is -4.01. The number of primary amides is 1. The number of benzene rings is 3. The van der Waals surface area contributed by atoms with Crippen LogP contribution < -0.4 is 20.5 Å². The monoisotopic (exact) mass is 535 g/mol. The van der Waals surface area contributed by atoms with Crippen molar-refractivity contribution in [3.8, 4) is 22.9 Å². The lowest BCUT2D eigenvalue weighted by molar-refractivity contribution is -0.115. The smallest absolute Gasteiger partial charge is 0.248 e. The van der Waals surface area contributed by atoms with E-state index in [2.05, 4.69) is 10.3 Å². The Bertz CT molecular complexity index is 1520. The first kappa shape index (κ1) is 24.7. The van der Waals surface area contributed by atoms with Gasteiger partial charge in [-0.1, -0.05) is 59.6 Å². The van der Waals surface area contributed by atoms with E-state index in [1.807, 2.05) is 48.5 Å². The van der Waals surface area contributed by atoms with Crippen LogP contribution in [0.1, 0.15) is 24.1 Å². The molecule has 188 valence electrons. The molecule has 1 aliphatic rings. The fourth-order valence-corrected chi connectivity index (χ4v) is 4.54. The number of rotatable bonds is 7. The molecule has 1 atom stereocenters. The minimum Gasteiger partial charge on any atom is -0.493 e. The third kappa shape index (κ3) is 4.85. The van der Waals surface area contributed by atoms with Crippen molar-refractivity contribution in [1.29, 1.82) is 0 Å². The van der Waals surface area contributed by atoms with Crippen molar-refractivity contribution in [2.75, 3.05) is 12.4 Å². The van der Waals surface area contributed by atoms with Crippen LogP contribution in [-0.4, -0.2) is 27.8 Å². The molecule has 1 aliphatic heterocycles. The number of methoxy groups -OCH3 is 1. The van der Waals surface area contributed by atoms with Gasteiger partial charge in [0.15, 0.2) is 17.3 Å². The molecule has 3 aromatic carbocycles. The minimum atomic E-state index is -0.644. The van der Waals surface area contributed by atoms with Gasteiger partial charge in [0.2, 0.25) is 11.9 Å². The van der Waals surface area contributed by atoms with Crippen LogP contribution >= 0.6 is 23.2 Å². The molecular weight excluding hydrogens is 513 g/mol. The Morgan fingerprint density at radius 1 is 1.05 bits per heavy atom. The Morgan fingerprint density at radius 3 is 2.54 bits per heavy atom. The number of aromatic nitrogens is 3. The van der Waals surface area contributed by atoms with Crippen LogP contribution in [0, 0.1) is 0 Å². The molecule has 0 saturated heterocycles. The Labute approximate surface area is 223 Å². The van der Waals surface area contributed by atoms with E-state index in [4.69, 9.17) is 43.5 Å². The van der Waals surface area contributed by atoms with Gasteiger partial charge in [-0.15, -0.1) is 5.10 Å². The minimum absolute atomic E-state index is 0.359. The van der Waals surface area contributed by atoms with Crippen LogP contribution in [0.25, 0.3) is 11.4 Å². The maximum atomic E-state index is 12.6. The summed E-state index contributed by atoms with van der Waals surface area (Å²) in [6, 6.07) is 19.8. The number of hydrogen-bond donors (Lipinski definition) is 2. The summed E-state index contributed by atoms with van der Waals surface area (Å²) in [7, 11) is 1.57. The number of fused-ring (bicyclic) bond motifs is 1. The van der Waals surface area contributed by atoms with E-state index in [1.54, 1.807) is 36.9 Å². The highest BCUT2D eigenvalue weighted by atomic mass is 35.5. The second-order valence-corrected chi connectivity index (χ2v) is 9.26. The van der Waals surface area contributed by atoms with Crippen molar-refractivity contribution in [2.45, 2.75) is 19.6 Å². The molecule has 0 fully saturated rings. The van der Waals surface area contributed by atoms with Crippen molar-refractivity contribution in [1.82, 2.24) is 14.8 Å². The second-order valence-electron chi connectivity index (χ2n) is 8.45. The number of nitrogens with two attached hydrogens (primary N) is 1. The largest absolute Gasteiger partial charge is 0.493 e. The molecular formula is C27H23Cl2N5O3. The van der Waals surface area contributed by atoms with Gasteiger partial charge in [0.1, 0.15) is 12.6 Å². The first-order chi connectivity index (χ1) is 17.9. The zero-order valence-corrected chi connectivity index (χ0v) is 21.5. The lowest BCUT2D eigenvalue weighted by Crippen LogP contribution is -2.31. The van der Waals surface area contributed by atoms with E-state index >= 15 is 0 Å². The fourth-order valence-electron chi connectivity index (χ4n) is 4.24. The number of carbonyl (C=O) groups is 1. The van der Waals surface area contributed by atoms with Gasteiger partial charge in [0.05, 0.1) is 22.7 Å². The number of carbonyl (C=O) groups excluding carboxylic acids is 1. The Kier molecular flexibility index (Phi) is 6.78. The molecule has 0 spiro atoms. The first-order valence-electron chi connectivity index (χ1n) is 11.4. The molecule has 4 aromatic rings. The molecule has 1 unspecified atom stereocenters. The highest BCUT2D eigenvalue weighted by Gasteiger charge is 2.34. The zero-order chi connectivity index (χ0) is 26.1. The van der Waals surface area contributed by atoms with Crippen molar-refractivity contribution in [2.24, 2.45) is 5.73 Å². The van der Waals surface area contributed by atoms with Gasteiger partial charge >= 0.3 is 0 Å². The van der Waals surface area contributed by atoms with Gasteiger partial charge in [-0.05, 0) is 48.4 Å². The van der Waals surface area contributed by atoms with Gasteiger partial charge in [-0.2, -0.15) is 4.98 Å². The predicted molar refractivity (Wildman–Crippen MR) is 143 cm³/mol. The molecule has 2 heterocycles. The van der Waals surface area contributed by atoms with E-state index in [-0.39, 0.29) is 0 Å². The predicted octanol–water partition coefficient (Wildman–Crippen LogP) is 5.61. The van der Waals surface area contributed by atoms with Crippen molar-refractivity contribution < 1.29 is 14.3 Å². The molecule has 0 radical (unpaired) electrons. The number of ether oxygens (including phenoxy) is 2. The number of nitrogens with one attached hydrogen (secondary N) is 1. The Balaban J connectivity index is 1.54. The highest BCUT2D eigenvalue weighted by Crippen LogP contribution is 2.40. The SMILES string of the molecule is COc1cc(C2C(C(N)=O)=C(C)Nc3nc(-c4ccc(Cl)c(Cl)c4)nn32)ccc1OCc1ccccc1. The summed E-state index contributed by atoms with van der Waals surface area (Å²) in [6.07, 6.45) is 0. The molecule has 0 bridgehead atoms. The topological polar surface area (TPSA) is 104 Å². The van der Waals surface area contributed by atoms with Crippen LogP contribution in [0.4, 0.5) is 5.95 Å². The summed E-state index contributed by atoms with van der Waals surface area (Å²) in [5.74, 6) is 1.38. The highest BCUT2D eigenvalue weighted by molar-refractivity contribution is 6.42. The fraction of sp³-hybridized carbons (Fsp3) is 0.148. The summed E-state index contributed by atoms with van der Waals surface area (Å²) >= 11 is 12.3. The van der Waals surface area contributed by atoms with Crippen molar-refractivity contribution in [3.05, 3.63) is 99.2 Å². The number of nitrogens with zero attached hydrogens (tertiary/aromatic N) is 3. The number of halogens is 2. The molecule has 1 aromatic heterocycles. The molecule has 37 heavy (non-hydrogen) atoms. The van der Waals surface area contributed by atoms with E-state index in [0.29, 0.717) is 56.8 Å². The molecule has 5 rings (SSSR count). The van der Waals surface area contributed by atoms with Crippen LogP contribution in [0.3, 0.4) is 0 Å². The zero-order valence-electron chi connectivity index (χ0n) is 20.0. The maximum Gasteiger partial charge on any atom is 0.248 e. The molecule has 0 aliphatic carbocycles. The molecule has 1 amide bonds. The average Bonchev–Trinajstić information content (AvgIpc) is 3.32. The van der Waals surface area contributed by atoms with Crippen LogP contribution in [-0.2, 0) is 11.4 Å². The van der Waals surface area contributed by atoms with E-state index in [1.165, 1.54) is 0 Å². The van der Waals surface area contributed by atoms with Gasteiger partial charge in [-0.25, -0.2) is 4.68 Å². The van der Waals surface area contributed by atoms with E-state index in [9.17, 15) is 4.79 Å². The van der Waals surface area contributed by atoms with E-state index in [0.717, 1.165) is 11.1 Å². The summed E-state index contributed by atoms with van der Waals surface area (Å²) in [6.45, 7) is 2.16. The normalized spacial score (nSPS) is 14.6. The molecule has 3 N–H and O–H groups in total. The van der Waals surface area contributed by atoms with Gasteiger partial charge in [-0.3, -0.25) is 4.79 Å². The number of amides is 1. The van der Waals surface area contributed by atoms with Crippen molar-refractivity contribution in [3.63, 3.8) is 0 Å². The maximum absolute atomic E-state index is 12.6. The van der Waals surface area contributed by atoms with Crippen LogP contribution in [0.2, 0.25) is 10.0 Å². The van der Waals surface area contributed by atoms with Gasteiger partial charge < -0.3 is 20.5 Å². The molecule has 8 nitrogen and oxygen atoms in total. The van der Waals surface area contributed by atoms with Crippen LogP contribution in [0.5, 0.6) is 11.5 Å². The van der Waals surface area contributed by atoms with Gasteiger partial charge in [0.25, 0.3) is 0 Å². The van der Waals surface area contributed by atoms with Crippen molar-refractivity contribution >= 4 is 35.1 Å². The lowest BCUT2D eigenvalue weighted by atomic mass is 9.95. The number of allylic oxidation sites excluding steroid dienone is 1. The first-order valence-corrected chi connectivity index (χ1v) is 12.2. The Morgan fingerprint density at radius 2 is 1.84 bits per heavy atom. The summed E-state index contributed by atoms with van der Waals surface area (Å²) in [5, 5.41) is 8.66. The summed E-state index contributed by atoms with van der Waals surface area (Å²) in [5.41, 5.74) is 9.20. The standard InChI is InChI=1S/C27H23Cl2N5O3/c1-15-23(25(30)35)24(34-27(31-15)32-26(33-34)18-8-10-19(28)20(29)12-18)17-9-11-21(22(13-17)36-2)37-14-16-6-4-3-5-7-16/h3-13,24H,14H2,1-2H3,(H2,30,35)(H,31,32,33). The quantitative estimate of drug-likeness (QED) is 0.318. The van der Waals surface area contributed by atoms with Crippen LogP contribution in [0.15, 0.2) is 78.0 Å². The molecule has 10 heteroatoms. The third-order valence-electron chi connectivity index (χ3n) is 6.04. The third-order valence-corrected chi connectivity index (χ3v) is 6.78. The van der Waals surface area contributed by atoms with Gasteiger partial charge in [0, 0.05) is 11.3 Å². The summed E-state index contributed by atoms with van der Waals surface area (Å²) in [4.78, 5) is 17.2. The average molecular weight is 536 g/mol. The second kappa shape index (κ2) is 10.2. The number of hydrogen-bond acceptors (Lipinski definition) is 6.